The van der Waals surface area contributed by atoms with Crippen LogP contribution < -0.4 is 5.32 Å². The first kappa shape index (κ1) is 14.6. The molecule has 0 saturated carbocycles. The number of benzene rings is 1. The first-order valence-electron chi connectivity index (χ1n) is 6.31. The van der Waals surface area contributed by atoms with E-state index in [0.717, 1.165) is 6.42 Å². The van der Waals surface area contributed by atoms with Gasteiger partial charge in [0.1, 0.15) is 0 Å². The molecule has 0 unspecified atom stereocenters. The summed E-state index contributed by atoms with van der Waals surface area (Å²) in [6.45, 7) is 3.00. The van der Waals surface area contributed by atoms with E-state index in [2.05, 4.69) is 18.3 Å². The molecule has 2 aromatic rings. The Morgan fingerprint density at radius 3 is 2.80 bits per heavy atom. The molecule has 1 aromatic carbocycles. The molecule has 6 heteroatoms. The molecular formula is C14H15FN2O2S. The molecule has 0 bridgehead atoms. The van der Waals surface area contributed by atoms with Gasteiger partial charge in [0.2, 0.25) is 5.82 Å². The Kier molecular flexibility index (Phi) is 4.81. The third-order valence-corrected chi connectivity index (χ3v) is 4.04. The summed E-state index contributed by atoms with van der Waals surface area (Å²) >= 11 is 1.66. The van der Waals surface area contributed by atoms with Gasteiger partial charge >= 0.3 is 5.69 Å². The number of thiophene rings is 1. The zero-order valence-electron chi connectivity index (χ0n) is 11.1. The van der Waals surface area contributed by atoms with Crippen LogP contribution in [0, 0.1) is 15.9 Å². The molecule has 0 fully saturated rings. The topological polar surface area (TPSA) is 55.2 Å². The number of nitrogens with zero attached hydrogens (tertiary/aromatic N) is 1. The average Bonchev–Trinajstić information content (AvgIpc) is 2.88. The smallest absolute Gasteiger partial charge is 0.305 e. The minimum absolute atomic E-state index is 0.272. The molecule has 0 aliphatic heterocycles. The van der Waals surface area contributed by atoms with Crippen LogP contribution in [0.4, 0.5) is 10.1 Å². The van der Waals surface area contributed by atoms with Crippen molar-refractivity contribution in [3.8, 4) is 0 Å². The van der Waals surface area contributed by atoms with Gasteiger partial charge in [0, 0.05) is 29.6 Å². The van der Waals surface area contributed by atoms with Crippen molar-refractivity contribution in [2.45, 2.75) is 26.4 Å². The molecule has 0 radical (unpaired) electrons. The molecule has 20 heavy (non-hydrogen) atoms. The molecule has 2 rings (SSSR count). The lowest BCUT2D eigenvalue weighted by molar-refractivity contribution is -0.387. The molecule has 0 aliphatic carbocycles. The van der Waals surface area contributed by atoms with E-state index in [1.165, 1.54) is 22.6 Å². The molecule has 0 amide bonds. The highest BCUT2D eigenvalue weighted by molar-refractivity contribution is 7.10. The molecule has 0 spiro atoms. The standard InChI is InChI=1S/C14H15FN2O2S/c1-2-10-6-7-20-13(10)9-16-8-11-4-3-5-12(14(11)15)17(18)19/h3-7,16H,2,8-9H2,1H3. The molecule has 0 saturated heterocycles. The zero-order valence-corrected chi connectivity index (χ0v) is 11.9. The minimum Gasteiger partial charge on any atom is -0.308 e. The first-order chi connectivity index (χ1) is 9.63. The Morgan fingerprint density at radius 1 is 1.30 bits per heavy atom. The van der Waals surface area contributed by atoms with Crippen molar-refractivity contribution >= 4 is 17.0 Å². The summed E-state index contributed by atoms with van der Waals surface area (Å²) in [6.07, 6.45) is 0.964. The van der Waals surface area contributed by atoms with Crippen LogP contribution in [0.2, 0.25) is 0 Å². The molecule has 106 valence electrons. The third-order valence-electron chi connectivity index (χ3n) is 3.07. The predicted octanol–water partition coefficient (Wildman–Crippen LogP) is 3.65. The summed E-state index contributed by atoms with van der Waals surface area (Å²) in [6, 6.07) is 6.31. The molecular weight excluding hydrogens is 279 g/mol. The fraction of sp³-hybridized carbons (Fsp3) is 0.286. The Hall–Kier alpha value is -1.79. The lowest BCUT2D eigenvalue weighted by Crippen LogP contribution is -2.14. The second kappa shape index (κ2) is 6.58. The van der Waals surface area contributed by atoms with Crippen molar-refractivity contribution in [1.82, 2.24) is 5.32 Å². The van der Waals surface area contributed by atoms with Crippen molar-refractivity contribution in [1.29, 1.82) is 0 Å². The van der Waals surface area contributed by atoms with E-state index in [1.807, 2.05) is 5.38 Å². The van der Waals surface area contributed by atoms with E-state index in [1.54, 1.807) is 17.4 Å². The van der Waals surface area contributed by atoms with Crippen LogP contribution in [0.1, 0.15) is 22.9 Å². The first-order valence-corrected chi connectivity index (χ1v) is 7.19. The number of halogens is 1. The van der Waals surface area contributed by atoms with Gasteiger partial charge in [-0.2, -0.15) is 4.39 Å². The number of rotatable bonds is 6. The highest BCUT2D eigenvalue weighted by Crippen LogP contribution is 2.21. The summed E-state index contributed by atoms with van der Waals surface area (Å²) in [5.41, 5.74) is 1.12. The Morgan fingerprint density at radius 2 is 2.10 bits per heavy atom. The Balaban J connectivity index is 2.01. The number of nitro benzene ring substituents is 1. The van der Waals surface area contributed by atoms with E-state index < -0.39 is 16.4 Å². The lowest BCUT2D eigenvalue weighted by Gasteiger charge is -2.06. The maximum Gasteiger partial charge on any atom is 0.305 e. The van der Waals surface area contributed by atoms with Gasteiger partial charge in [0.25, 0.3) is 0 Å². The lowest BCUT2D eigenvalue weighted by atomic mass is 10.1. The highest BCUT2D eigenvalue weighted by Gasteiger charge is 2.16. The number of hydrogen-bond acceptors (Lipinski definition) is 4. The summed E-state index contributed by atoms with van der Waals surface area (Å²) in [5, 5.41) is 15.8. The van der Waals surface area contributed by atoms with E-state index in [9.17, 15) is 14.5 Å². The van der Waals surface area contributed by atoms with Gasteiger partial charge in [-0.05, 0) is 23.4 Å². The quantitative estimate of drug-likeness (QED) is 0.653. The van der Waals surface area contributed by atoms with E-state index in [4.69, 9.17) is 0 Å². The van der Waals surface area contributed by atoms with Crippen molar-refractivity contribution in [2.75, 3.05) is 0 Å². The Bertz CT molecular complexity index is 613. The monoisotopic (exact) mass is 294 g/mol. The molecule has 1 N–H and O–H groups in total. The van der Waals surface area contributed by atoms with Crippen LogP contribution >= 0.6 is 11.3 Å². The fourth-order valence-corrected chi connectivity index (χ4v) is 2.94. The van der Waals surface area contributed by atoms with E-state index >= 15 is 0 Å². The SMILES string of the molecule is CCc1ccsc1CNCc1cccc([N+](=O)[O-])c1F. The second-order valence-corrected chi connectivity index (χ2v) is 5.33. The molecule has 1 aromatic heterocycles. The van der Waals surface area contributed by atoms with Crippen LogP contribution in [0.25, 0.3) is 0 Å². The predicted molar refractivity (Wildman–Crippen MR) is 77.3 cm³/mol. The van der Waals surface area contributed by atoms with Crippen LogP contribution in [0.15, 0.2) is 29.6 Å². The van der Waals surface area contributed by atoms with Crippen LogP contribution in [0.3, 0.4) is 0 Å². The maximum absolute atomic E-state index is 13.9. The summed E-state index contributed by atoms with van der Waals surface area (Å²) < 4.78 is 13.9. The fourth-order valence-electron chi connectivity index (χ4n) is 1.99. The third kappa shape index (κ3) is 3.20. The van der Waals surface area contributed by atoms with Crippen molar-refractivity contribution in [3.63, 3.8) is 0 Å². The number of aryl methyl sites for hydroxylation is 1. The summed E-state index contributed by atoms with van der Waals surface area (Å²) in [5.74, 6) is -0.758. The molecule has 0 atom stereocenters. The molecule has 0 aliphatic rings. The second-order valence-electron chi connectivity index (χ2n) is 4.33. The van der Waals surface area contributed by atoms with Crippen molar-refractivity contribution < 1.29 is 9.31 Å². The average molecular weight is 294 g/mol. The van der Waals surface area contributed by atoms with Gasteiger partial charge in [-0.15, -0.1) is 11.3 Å². The van der Waals surface area contributed by atoms with Crippen molar-refractivity contribution in [2.24, 2.45) is 0 Å². The van der Waals surface area contributed by atoms with E-state index in [-0.39, 0.29) is 6.54 Å². The number of nitrogens with one attached hydrogen (secondary N) is 1. The van der Waals surface area contributed by atoms with Gasteiger partial charge in [-0.25, -0.2) is 0 Å². The van der Waals surface area contributed by atoms with Crippen molar-refractivity contribution in [3.05, 3.63) is 61.6 Å². The van der Waals surface area contributed by atoms with Crippen LogP contribution in [-0.4, -0.2) is 4.92 Å². The zero-order chi connectivity index (χ0) is 14.5. The van der Waals surface area contributed by atoms with Crippen LogP contribution in [-0.2, 0) is 19.5 Å². The maximum atomic E-state index is 13.9. The van der Waals surface area contributed by atoms with Gasteiger partial charge < -0.3 is 5.32 Å². The normalized spacial score (nSPS) is 10.7. The number of hydrogen-bond donors (Lipinski definition) is 1. The molecule has 1 heterocycles. The highest BCUT2D eigenvalue weighted by atomic mass is 32.1. The number of nitro groups is 1. The minimum atomic E-state index is -0.758. The van der Waals surface area contributed by atoms with E-state index in [0.29, 0.717) is 12.1 Å². The largest absolute Gasteiger partial charge is 0.308 e. The summed E-state index contributed by atoms with van der Waals surface area (Å²) in [4.78, 5) is 11.2. The van der Waals surface area contributed by atoms with Crippen LogP contribution in [0.5, 0.6) is 0 Å². The molecule has 4 nitrogen and oxygen atoms in total. The van der Waals surface area contributed by atoms with Gasteiger partial charge in [-0.1, -0.05) is 19.1 Å². The van der Waals surface area contributed by atoms with Gasteiger partial charge in [-0.3, -0.25) is 10.1 Å². The Labute approximate surface area is 120 Å². The van der Waals surface area contributed by atoms with Gasteiger partial charge in [0.05, 0.1) is 4.92 Å². The van der Waals surface area contributed by atoms with Gasteiger partial charge in [0.15, 0.2) is 0 Å². The summed E-state index contributed by atoms with van der Waals surface area (Å²) in [7, 11) is 0.